The summed E-state index contributed by atoms with van der Waals surface area (Å²) in [6, 6.07) is 17.9. The number of benzene rings is 2. The molecule has 1 heteroatoms. The Labute approximate surface area is 95.7 Å². The quantitative estimate of drug-likeness (QED) is 0.744. The first-order chi connectivity index (χ1) is 7.83. The van der Waals surface area contributed by atoms with Gasteiger partial charge in [0, 0.05) is 5.57 Å². The average molecular weight is 210 g/mol. The van der Waals surface area contributed by atoms with Crippen LogP contribution in [0.4, 0.5) is 0 Å². The van der Waals surface area contributed by atoms with Crippen molar-refractivity contribution in [1.82, 2.24) is 0 Å². The van der Waals surface area contributed by atoms with Gasteiger partial charge in [0.05, 0.1) is 6.26 Å². The zero-order valence-corrected chi connectivity index (χ0v) is 9.22. The molecule has 0 aliphatic carbocycles. The van der Waals surface area contributed by atoms with E-state index in [9.17, 15) is 5.11 Å². The van der Waals surface area contributed by atoms with E-state index < -0.39 is 0 Å². The van der Waals surface area contributed by atoms with Crippen molar-refractivity contribution in [3.05, 3.63) is 77.5 Å². The van der Waals surface area contributed by atoms with Gasteiger partial charge in [-0.25, -0.2) is 0 Å². The number of aliphatic hydroxyl groups is 1. The van der Waals surface area contributed by atoms with Crippen LogP contribution in [0.15, 0.2) is 60.9 Å². The van der Waals surface area contributed by atoms with Crippen LogP contribution < -0.4 is 0 Å². The van der Waals surface area contributed by atoms with E-state index in [1.807, 2.05) is 61.5 Å². The SMILES string of the molecule is Cc1ccccc1/C(=C/O)c1ccccc1. The Morgan fingerprint density at radius 3 is 2.19 bits per heavy atom. The summed E-state index contributed by atoms with van der Waals surface area (Å²) in [4.78, 5) is 0. The summed E-state index contributed by atoms with van der Waals surface area (Å²) in [5.41, 5.74) is 4.11. The molecule has 0 atom stereocenters. The molecule has 0 amide bonds. The molecular weight excluding hydrogens is 196 g/mol. The van der Waals surface area contributed by atoms with Gasteiger partial charge in [-0.3, -0.25) is 0 Å². The molecule has 0 aliphatic heterocycles. The molecule has 1 nitrogen and oxygen atoms in total. The second kappa shape index (κ2) is 4.67. The molecule has 2 rings (SSSR count). The molecule has 2 aromatic carbocycles. The third kappa shape index (κ3) is 1.98. The van der Waals surface area contributed by atoms with Crippen molar-refractivity contribution in [3.63, 3.8) is 0 Å². The van der Waals surface area contributed by atoms with Gasteiger partial charge in [0.2, 0.25) is 0 Å². The number of aryl methyl sites for hydroxylation is 1. The van der Waals surface area contributed by atoms with E-state index in [2.05, 4.69) is 0 Å². The van der Waals surface area contributed by atoms with E-state index in [0.717, 1.165) is 22.3 Å². The van der Waals surface area contributed by atoms with Crippen molar-refractivity contribution in [2.75, 3.05) is 0 Å². The highest BCUT2D eigenvalue weighted by molar-refractivity contribution is 5.80. The summed E-state index contributed by atoms with van der Waals surface area (Å²) in [7, 11) is 0. The largest absolute Gasteiger partial charge is 0.515 e. The van der Waals surface area contributed by atoms with Crippen LogP contribution in [0.2, 0.25) is 0 Å². The lowest BCUT2D eigenvalue weighted by Crippen LogP contribution is -1.90. The third-order valence-electron chi connectivity index (χ3n) is 2.65. The lowest BCUT2D eigenvalue weighted by Gasteiger charge is -2.09. The van der Waals surface area contributed by atoms with Crippen LogP contribution >= 0.6 is 0 Å². The van der Waals surface area contributed by atoms with Crippen molar-refractivity contribution in [3.8, 4) is 0 Å². The minimum Gasteiger partial charge on any atom is -0.515 e. The molecule has 0 unspecified atom stereocenters. The lowest BCUT2D eigenvalue weighted by atomic mass is 9.96. The smallest absolute Gasteiger partial charge is 0.0876 e. The van der Waals surface area contributed by atoms with Gasteiger partial charge in [-0.05, 0) is 23.6 Å². The summed E-state index contributed by atoms with van der Waals surface area (Å²) in [6.45, 7) is 2.04. The summed E-state index contributed by atoms with van der Waals surface area (Å²) >= 11 is 0. The highest BCUT2D eigenvalue weighted by Gasteiger charge is 2.06. The Kier molecular flexibility index (Phi) is 3.06. The van der Waals surface area contributed by atoms with Crippen LogP contribution in [0.1, 0.15) is 16.7 Å². The lowest BCUT2D eigenvalue weighted by molar-refractivity contribution is 0.476. The van der Waals surface area contributed by atoms with Crippen LogP contribution in [0.3, 0.4) is 0 Å². The molecule has 0 saturated heterocycles. The molecule has 0 aromatic heterocycles. The molecule has 0 bridgehead atoms. The predicted molar refractivity (Wildman–Crippen MR) is 67.3 cm³/mol. The van der Waals surface area contributed by atoms with Crippen molar-refractivity contribution >= 4 is 5.57 Å². The van der Waals surface area contributed by atoms with E-state index >= 15 is 0 Å². The normalized spacial score (nSPS) is 11.4. The number of aliphatic hydroxyl groups excluding tert-OH is 1. The Morgan fingerprint density at radius 2 is 1.56 bits per heavy atom. The predicted octanol–water partition coefficient (Wildman–Crippen LogP) is 3.94. The average Bonchev–Trinajstić information content (AvgIpc) is 2.34. The second-order valence-corrected chi connectivity index (χ2v) is 3.72. The van der Waals surface area contributed by atoms with Gasteiger partial charge in [0.25, 0.3) is 0 Å². The molecule has 0 aliphatic rings. The summed E-state index contributed by atoms with van der Waals surface area (Å²) in [5.74, 6) is 0. The zero-order chi connectivity index (χ0) is 11.4. The zero-order valence-electron chi connectivity index (χ0n) is 9.22. The highest BCUT2D eigenvalue weighted by atomic mass is 16.2. The van der Waals surface area contributed by atoms with Crippen LogP contribution in [0.5, 0.6) is 0 Å². The van der Waals surface area contributed by atoms with Gasteiger partial charge in [-0.15, -0.1) is 0 Å². The fraction of sp³-hybridized carbons (Fsp3) is 0.0667. The first-order valence-corrected chi connectivity index (χ1v) is 5.28. The van der Waals surface area contributed by atoms with E-state index in [0.29, 0.717) is 0 Å². The molecule has 0 spiro atoms. The molecule has 0 saturated carbocycles. The van der Waals surface area contributed by atoms with Gasteiger partial charge in [0.1, 0.15) is 0 Å². The monoisotopic (exact) mass is 210 g/mol. The molecule has 1 N–H and O–H groups in total. The Hall–Kier alpha value is -2.02. The van der Waals surface area contributed by atoms with Gasteiger partial charge < -0.3 is 5.11 Å². The minimum absolute atomic E-state index is 0.860. The number of rotatable bonds is 2. The molecule has 2 aromatic rings. The Morgan fingerprint density at radius 1 is 0.938 bits per heavy atom. The molecule has 0 heterocycles. The highest BCUT2D eigenvalue weighted by Crippen LogP contribution is 2.25. The first-order valence-electron chi connectivity index (χ1n) is 5.28. The standard InChI is InChI=1S/C15H14O/c1-12-7-5-6-10-14(12)15(11-16)13-8-3-2-4-9-13/h2-11,16H,1H3/b15-11+. The van der Waals surface area contributed by atoms with Crippen LogP contribution in [-0.4, -0.2) is 5.11 Å². The molecule has 0 radical (unpaired) electrons. The van der Waals surface area contributed by atoms with E-state index in [1.54, 1.807) is 0 Å². The summed E-state index contributed by atoms with van der Waals surface area (Å²) in [6.07, 6.45) is 1.18. The van der Waals surface area contributed by atoms with Crippen molar-refractivity contribution in [2.24, 2.45) is 0 Å². The Balaban J connectivity index is 2.51. The van der Waals surface area contributed by atoms with E-state index in [1.165, 1.54) is 6.26 Å². The maximum absolute atomic E-state index is 9.40. The number of hydrogen-bond acceptors (Lipinski definition) is 1. The number of hydrogen-bond donors (Lipinski definition) is 1. The maximum Gasteiger partial charge on any atom is 0.0876 e. The summed E-state index contributed by atoms with van der Waals surface area (Å²) < 4.78 is 0. The van der Waals surface area contributed by atoms with Gasteiger partial charge in [-0.2, -0.15) is 0 Å². The Bertz CT molecular complexity index is 498. The van der Waals surface area contributed by atoms with Crippen molar-refractivity contribution in [2.45, 2.75) is 6.92 Å². The first kappa shape index (κ1) is 10.5. The van der Waals surface area contributed by atoms with Crippen LogP contribution in [0, 0.1) is 6.92 Å². The van der Waals surface area contributed by atoms with Crippen LogP contribution in [-0.2, 0) is 0 Å². The van der Waals surface area contributed by atoms with Gasteiger partial charge in [-0.1, -0.05) is 54.6 Å². The molecule has 80 valence electrons. The summed E-state index contributed by atoms with van der Waals surface area (Å²) in [5, 5.41) is 9.40. The maximum atomic E-state index is 9.40. The minimum atomic E-state index is 0.860. The van der Waals surface area contributed by atoms with Crippen molar-refractivity contribution in [1.29, 1.82) is 0 Å². The van der Waals surface area contributed by atoms with E-state index in [-0.39, 0.29) is 0 Å². The third-order valence-corrected chi connectivity index (χ3v) is 2.65. The second-order valence-electron chi connectivity index (χ2n) is 3.72. The van der Waals surface area contributed by atoms with E-state index in [4.69, 9.17) is 0 Å². The van der Waals surface area contributed by atoms with Crippen molar-refractivity contribution < 1.29 is 5.11 Å². The molecule has 0 fully saturated rings. The molecule has 16 heavy (non-hydrogen) atoms. The topological polar surface area (TPSA) is 20.2 Å². The fourth-order valence-corrected chi connectivity index (χ4v) is 1.79. The van der Waals surface area contributed by atoms with Crippen LogP contribution in [0.25, 0.3) is 5.57 Å². The molecular formula is C15H14O. The van der Waals surface area contributed by atoms with Gasteiger partial charge >= 0.3 is 0 Å². The fourth-order valence-electron chi connectivity index (χ4n) is 1.79. The van der Waals surface area contributed by atoms with Gasteiger partial charge in [0.15, 0.2) is 0 Å².